The van der Waals surface area contributed by atoms with E-state index in [2.05, 4.69) is 21.2 Å². The van der Waals surface area contributed by atoms with Crippen molar-refractivity contribution in [2.24, 2.45) is 0 Å². The number of rotatable bonds is 5. The lowest BCUT2D eigenvalue weighted by Gasteiger charge is -2.12. The number of phenolic OH excluding ortho intramolecular Hbond substituents is 1. The highest BCUT2D eigenvalue weighted by molar-refractivity contribution is 14.1. The van der Waals surface area contributed by atoms with E-state index in [4.69, 9.17) is 4.74 Å². The maximum atomic E-state index is 12.6. The summed E-state index contributed by atoms with van der Waals surface area (Å²) in [5.41, 5.74) is 1.15. The van der Waals surface area contributed by atoms with Crippen molar-refractivity contribution in [3.8, 4) is 11.5 Å². The zero-order chi connectivity index (χ0) is 21.1. The first-order valence-corrected chi connectivity index (χ1v) is 10.8. The number of thioether (sulfide) groups is 1. The minimum absolute atomic E-state index is 0.00275. The number of carbonyl (C=O) groups excluding carboxylic acids is 3. The molecule has 1 aliphatic rings. The van der Waals surface area contributed by atoms with Crippen LogP contribution in [0.3, 0.4) is 0 Å². The Morgan fingerprint density at radius 1 is 1.31 bits per heavy atom. The van der Waals surface area contributed by atoms with Crippen LogP contribution in [-0.4, -0.2) is 40.7 Å². The molecule has 0 saturated carbocycles. The minimum atomic E-state index is -0.548. The molecule has 0 atom stereocenters. The van der Waals surface area contributed by atoms with Crippen molar-refractivity contribution in [1.29, 1.82) is 0 Å². The zero-order valence-electron chi connectivity index (χ0n) is 14.9. The van der Waals surface area contributed by atoms with Gasteiger partial charge in [-0.1, -0.05) is 15.9 Å². The third kappa shape index (κ3) is 5.11. The molecule has 0 bridgehead atoms. The number of nitrogens with one attached hydrogen (secondary N) is 1. The molecule has 0 aliphatic carbocycles. The average molecular weight is 589 g/mol. The second-order valence-electron chi connectivity index (χ2n) is 5.88. The van der Waals surface area contributed by atoms with Gasteiger partial charge in [-0.3, -0.25) is 19.3 Å². The van der Waals surface area contributed by atoms with E-state index in [9.17, 15) is 19.5 Å². The first-order valence-electron chi connectivity index (χ1n) is 8.15. The number of halogens is 2. The van der Waals surface area contributed by atoms with E-state index in [1.807, 2.05) is 22.6 Å². The summed E-state index contributed by atoms with van der Waals surface area (Å²) in [5, 5.41) is 12.0. The molecule has 0 spiro atoms. The van der Waals surface area contributed by atoms with Crippen molar-refractivity contribution < 1.29 is 24.2 Å². The van der Waals surface area contributed by atoms with Crippen LogP contribution in [0.2, 0.25) is 0 Å². The maximum Gasteiger partial charge on any atom is 0.294 e. The predicted molar refractivity (Wildman–Crippen MR) is 123 cm³/mol. The van der Waals surface area contributed by atoms with Crippen LogP contribution < -0.4 is 10.1 Å². The molecule has 10 heteroatoms. The second-order valence-corrected chi connectivity index (χ2v) is 8.95. The van der Waals surface area contributed by atoms with Gasteiger partial charge in [-0.15, -0.1) is 0 Å². The number of anilines is 1. The number of phenols is 1. The summed E-state index contributed by atoms with van der Waals surface area (Å²) in [5.74, 6) is -0.760. The fourth-order valence-electron chi connectivity index (χ4n) is 2.50. The molecular formula is C19H14BrIN2O5S. The van der Waals surface area contributed by atoms with Crippen molar-refractivity contribution in [3.05, 3.63) is 54.9 Å². The number of carbonyl (C=O) groups is 3. The maximum absolute atomic E-state index is 12.6. The van der Waals surface area contributed by atoms with Gasteiger partial charge in [-0.05, 0) is 82.4 Å². The van der Waals surface area contributed by atoms with Crippen molar-refractivity contribution in [2.75, 3.05) is 19.0 Å². The Labute approximate surface area is 192 Å². The van der Waals surface area contributed by atoms with E-state index < -0.39 is 17.1 Å². The summed E-state index contributed by atoms with van der Waals surface area (Å²) in [6.45, 7) is -0.380. The molecule has 2 aromatic carbocycles. The number of benzene rings is 2. The number of ether oxygens (including phenoxy) is 1. The van der Waals surface area contributed by atoms with Crippen molar-refractivity contribution in [3.63, 3.8) is 0 Å². The van der Waals surface area contributed by atoms with Crippen molar-refractivity contribution in [2.45, 2.75) is 0 Å². The van der Waals surface area contributed by atoms with Gasteiger partial charge in [-0.25, -0.2) is 0 Å². The van der Waals surface area contributed by atoms with Gasteiger partial charge >= 0.3 is 0 Å². The molecule has 0 radical (unpaired) electrons. The lowest BCUT2D eigenvalue weighted by molar-refractivity contribution is -0.127. The summed E-state index contributed by atoms with van der Waals surface area (Å²) >= 11 is 6.01. The van der Waals surface area contributed by atoms with E-state index in [0.29, 0.717) is 14.8 Å². The highest BCUT2D eigenvalue weighted by Gasteiger charge is 2.36. The molecule has 0 unspecified atom stereocenters. The van der Waals surface area contributed by atoms with Gasteiger partial charge in [0.2, 0.25) is 5.91 Å². The smallest absolute Gasteiger partial charge is 0.294 e. The van der Waals surface area contributed by atoms with E-state index in [1.54, 1.807) is 36.4 Å². The van der Waals surface area contributed by atoms with E-state index in [0.717, 1.165) is 21.1 Å². The van der Waals surface area contributed by atoms with Crippen LogP contribution in [0.15, 0.2) is 45.8 Å². The molecule has 150 valence electrons. The lowest BCUT2D eigenvalue weighted by Crippen LogP contribution is -2.36. The second kappa shape index (κ2) is 9.18. The Bertz CT molecular complexity index is 1030. The monoisotopic (exact) mass is 588 g/mol. The number of hydrogen-bond acceptors (Lipinski definition) is 6. The van der Waals surface area contributed by atoms with Crippen LogP contribution >= 0.6 is 50.3 Å². The van der Waals surface area contributed by atoms with Crippen LogP contribution in [-0.2, 0) is 9.59 Å². The molecular weight excluding hydrogens is 575 g/mol. The molecule has 3 amide bonds. The molecule has 29 heavy (non-hydrogen) atoms. The number of aromatic hydroxyl groups is 1. The lowest BCUT2D eigenvalue weighted by atomic mass is 10.2. The Morgan fingerprint density at radius 2 is 2.00 bits per heavy atom. The van der Waals surface area contributed by atoms with Crippen LogP contribution in [0.4, 0.5) is 10.5 Å². The zero-order valence-corrected chi connectivity index (χ0v) is 19.5. The highest BCUT2D eigenvalue weighted by atomic mass is 127. The number of methoxy groups -OCH3 is 1. The van der Waals surface area contributed by atoms with Gasteiger partial charge in [0.15, 0.2) is 11.5 Å². The van der Waals surface area contributed by atoms with Crippen molar-refractivity contribution >= 4 is 79.1 Å². The minimum Gasteiger partial charge on any atom is -0.504 e. The Balaban J connectivity index is 1.74. The van der Waals surface area contributed by atoms with Crippen LogP contribution in [0.1, 0.15) is 5.56 Å². The highest BCUT2D eigenvalue weighted by Crippen LogP contribution is 2.36. The molecule has 7 nitrogen and oxygen atoms in total. The van der Waals surface area contributed by atoms with Crippen LogP contribution in [0.5, 0.6) is 11.5 Å². The van der Waals surface area contributed by atoms with E-state index in [-0.39, 0.29) is 22.9 Å². The van der Waals surface area contributed by atoms with Crippen LogP contribution in [0, 0.1) is 3.57 Å². The molecule has 2 N–H and O–H groups in total. The van der Waals surface area contributed by atoms with E-state index >= 15 is 0 Å². The third-order valence-corrected chi connectivity index (χ3v) is 6.13. The molecule has 1 fully saturated rings. The summed E-state index contributed by atoms with van der Waals surface area (Å²) < 4.78 is 6.52. The van der Waals surface area contributed by atoms with Gasteiger partial charge in [0, 0.05) is 10.2 Å². The Kier molecular flexibility index (Phi) is 6.85. The Morgan fingerprint density at radius 3 is 2.66 bits per heavy atom. The Hall–Kier alpha value is -2.05. The fourth-order valence-corrected chi connectivity index (χ4v) is 4.23. The normalized spacial score (nSPS) is 15.1. The quantitative estimate of drug-likeness (QED) is 0.396. The first-order chi connectivity index (χ1) is 13.8. The molecule has 1 aliphatic heterocycles. The average Bonchev–Trinajstić information content (AvgIpc) is 2.93. The standard InChI is InChI=1S/C19H14BrIN2O5S/c1-28-14-7-10(6-13(21)17(14)25)8-15-18(26)23(19(27)29-15)9-16(24)22-12-4-2-11(20)3-5-12/h2-8,25H,9H2,1H3,(H,22,24)/b15-8+. The first kappa shape index (κ1) is 21.7. The number of hydrogen-bond donors (Lipinski definition) is 2. The fraction of sp³-hybridized carbons (Fsp3) is 0.105. The SMILES string of the molecule is COc1cc(/C=C2/SC(=O)N(CC(=O)Nc3ccc(Br)cc3)C2=O)cc(I)c1O. The number of imide groups is 1. The molecule has 2 aromatic rings. The van der Waals surface area contributed by atoms with Crippen LogP contribution in [0.25, 0.3) is 6.08 Å². The molecule has 1 saturated heterocycles. The predicted octanol–water partition coefficient (Wildman–Crippen LogP) is 4.44. The van der Waals surface area contributed by atoms with Gasteiger partial charge < -0.3 is 15.2 Å². The molecule has 1 heterocycles. The summed E-state index contributed by atoms with van der Waals surface area (Å²) in [6, 6.07) is 10.2. The van der Waals surface area contributed by atoms with Gasteiger partial charge in [0.1, 0.15) is 6.54 Å². The third-order valence-electron chi connectivity index (χ3n) is 3.87. The summed E-state index contributed by atoms with van der Waals surface area (Å²) in [6.07, 6.45) is 1.53. The number of nitrogens with zero attached hydrogens (tertiary/aromatic N) is 1. The summed E-state index contributed by atoms with van der Waals surface area (Å²) in [7, 11) is 1.42. The van der Waals surface area contributed by atoms with Gasteiger partial charge in [-0.2, -0.15) is 0 Å². The van der Waals surface area contributed by atoms with Crippen molar-refractivity contribution in [1.82, 2.24) is 4.90 Å². The topological polar surface area (TPSA) is 95.9 Å². The van der Waals surface area contributed by atoms with E-state index in [1.165, 1.54) is 13.2 Å². The van der Waals surface area contributed by atoms with Gasteiger partial charge in [0.25, 0.3) is 11.1 Å². The number of amides is 3. The largest absolute Gasteiger partial charge is 0.504 e. The summed E-state index contributed by atoms with van der Waals surface area (Å²) in [4.78, 5) is 38.2. The molecule has 0 aromatic heterocycles. The van der Waals surface area contributed by atoms with Gasteiger partial charge in [0.05, 0.1) is 15.6 Å². The molecule has 3 rings (SSSR count).